The Morgan fingerprint density at radius 3 is 2.61 bits per heavy atom. The van der Waals surface area contributed by atoms with Crippen molar-refractivity contribution in [3.05, 3.63) is 77.6 Å². The van der Waals surface area contributed by atoms with Crippen molar-refractivity contribution in [2.45, 2.75) is 20.0 Å². The van der Waals surface area contributed by atoms with Gasteiger partial charge >= 0.3 is 5.97 Å². The Labute approximate surface area is 163 Å². The zero-order valence-electron chi connectivity index (χ0n) is 15.5. The van der Waals surface area contributed by atoms with Gasteiger partial charge in [0.05, 0.1) is 0 Å². The zero-order valence-corrected chi connectivity index (χ0v) is 15.5. The molecule has 1 aromatic heterocycles. The standard InChI is InChI=1S/C21H21N5O2/c1-2-16-10-6-7-11-17(16)23-21-25-18(24-20(22)26-21)14-28-19(27)13-12-15-8-4-3-5-9-15/h3-13H,2,14H2,1H3,(H3,22,23,24,25,26)/b13-12+. The molecule has 3 rings (SSSR count). The van der Waals surface area contributed by atoms with Gasteiger partial charge in [-0.2, -0.15) is 15.0 Å². The number of benzene rings is 2. The lowest BCUT2D eigenvalue weighted by molar-refractivity contribution is -0.139. The molecular weight excluding hydrogens is 354 g/mol. The van der Waals surface area contributed by atoms with E-state index < -0.39 is 5.97 Å². The lowest BCUT2D eigenvalue weighted by Gasteiger charge is -2.10. The summed E-state index contributed by atoms with van der Waals surface area (Å²) in [7, 11) is 0. The summed E-state index contributed by atoms with van der Waals surface area (Å²) >= 11 is 0. The molecule has 3 aromatic rings. The Hall–Kier alpha value is -3.74. The lowest BCUT2D eigenvalue weighted by atomic mass is 10.1. The molecule has 142 valence electrons. The number of aromatic nitrogens is 3. The number of anilines is 3. The number of esters is 1. The molecule has 7 nitrogen and oxygen atoms in total. The topological polar surface area (TPSA) is 103 Å². The fourth-order valence-corrected chi connectivity index (χ4v) is 2.54. The number of carbonyl (C=O) groups excluding carboxylic acids is 1. The van der Waals surface area contributed by atoms with E-state index in [4.69, 9.17) is 10.5 Å². The fourth-order valence-electron chi connectivity index (χ4n) is 2.54. The van der Waals surface area contributed by atoms with Gasteiger partial charge in [-0.3, -0.25) is 0 Å². The van der Waals surface area contributed by atoms with E-state index in [9.17, 15) is 4.79 Å². The largest absolute Gasteiger partial charge is 0.454 e. The van der Waals surface area contributed by atoms with Crippen molar-refractivity contribution in [2.24, 2.45) is 0 Å². The number of aryl methyl sites for hydroxylation is 1. The summed E-state index contributed by atoms with van der Waals surface area (Å²) in [5.41, 5.74) is 8.69. The van der Waals surface area contributed by atoms with Crippen molar-refractivity contribution >= 4 is 29.6 Å². The van der Waals surface area contributed by atoms with Crippen molar-refractivity contribution < 1.29 is 9.53 Å². The van der Waals surface area contributed by atoms with Gasteiger partial charge in [0.1, 0.15) is 0 Å². The highest BCUT2D eigenvalue weighted by Gasteiger charge is 2.08. The van der Waals surface area contributed by atoms with Crippen LogP contribution in [0.15, 0.2) is 60.7 Å². The molecule has 0 aliphatic carbocycles. The Morgan fingerprint density at radius 2 is 1.82 bits per heavy atom. The third-order valence-electron chi connectivity index (χ3n) is 3.90. The van der Waals surface area contributed by atoms with Crippen molar-refractivity contribution in [2.75, 3.05) is 11.1 Å². The molecule has 0 aliphatic heterocycles. The second kappa shape index (κ2) is 9.27. The highest BCUT2D eigenvalue weighted by molar-refractivity contribution is 5.86. The average molecular weight is 375 g/mol. The van der Waals surface area contributed by atoms with Crippen LogP contribution in [-0.4, -0.2) is 20.9 Å². The third kappa shape index (κ3) is 5.38. The number of ether oxygens (including phenoxy) is 1. The van der Waals surface area contributed by atoms with Crippen molar-refractivity contribution in [1.82, 2.24) is 15.0 Å². The molecule has 0 fully saturated rings. The fraction of sp³-hybridized carbons (Fsp3) is 0.143. The van der Waals surface area contributed by atoms with Crippen LogP contribution in [0.25, 0.3) is 6.08 Å². The number of carbonyl (C=O) groups is 1. The minimum atomic E-state index is -0.492. The van der Waals surface area contributed by atoms with Crippen molar-refractivity contribution in [3.63, 3.8) is 0 Å². The van der Waals surface area contributed by atoms with Crippen LogP contribution in [0, 0.1) is 0 Å². The lowest BCUT2D eigenvalue weighted by Crippen LogP contribution is -2.10. The smallest absolute Gasteiger partial charge is 0.331 e. The first-order valence-electron chi connectivity index (χ1n) is 8.89. The van der Waals surface area contributed by atoms with Gasteiger partial charge in [-0.05, 0) is 29.7 Å². The van der Waals surface area contributed by atoms with Crippen LogP contribution < -0.4 is 11.1 Å². The van der Waals surface area contributed by atoms with E-state index in [2.05, 4.69) is 27.2 Å². The van der Waals surface area contributed by atoms with Crippen LogP contribution >= 0.6 is 0 Å². The Bertz CT molecular complexity index is 974. The van der Waals surface area contributed by atoms with Gasteiger partial charge in [0.25, 0.3) is 0 Å². The molecule has 0 saturated carbocycles. The summed E-state index contributed by atoms with van der Waals surface area (Å²) in [6.45, 7) is 1.96. The monoisotopic (exact) mass is 375 g/mol. The van der Waals surface area contributed by atoms with E-state index in [-0.39, 0.29) is 18.4 Å². The maximum Gasteiger partial charge on any atom is 0.331 e. The maximum absolute atomic E-state index is 11.9. The summed E-state index contributed by atoms with van der Waals surface area (Å²) in [6, 6.07) is 17.3. The van der Waals surface area contributed by atoms with Gasteiger partial charge in [-0.1, -0.05) is 55.5 Å². The third-order valence-corrected chi connectivity index (χ3v) is 3.90. The maximum atomic E-state index is 11.9. The molecule has 1 heterocycles. The first-order valence-corrected chi connectivity index (χ1v) is 8.89. The van der Waals surface area contributed by atoms with Gasteiger partial charge in [0.15, 0.2) is 12.4 Å². The summed E-state index contributed by atoms with van der Waals surface area (Å²) in [6.07, 6.45) is 3.90. The predicted octanol–water partition coefficient (Wildman–Crippen LogP) is 3.52. The minimum Gasteiger partial charge on any atom is -0.454 e. The summed E-state index contributed by atoms with van der Waals surface area (Å²) in [4.78, 5) is 24.3. The number of nitrogens with one attached hydrogen (secondary N) is 1. The normalized spacial score (nSPS) is 10.8. The molecule has 0 unspecified atom stereocenters. The number of nitrogens with two attached hydrogens (primary N) is 1. The number of para-hydroxylation sites is 1. The van der Waals surface area contributed by atoms with E-state index in [0.717, 1.165) is 23.2 Å². The predicted molar refractivity (Wildman–Crippen MR) is 109 cm³/mol. The van der Waals surface area contributed by atoms with Crippen LogP contribution in [0.3, 0.4) is 0 Å². The highest BCUT2D eigenvalue weighted by atomic mass is 16.5. The van der Waals surface area contributed by atoms with Gasteiger partial charge in [0, 0.05) is 11.8 Å². The number of nitrogen functional groups attached to an aromatic ring is 1. The van der Waals surface area contributed by atoms with Crippen LogP contribution in [0.4, 0.5) is 17.6 Å². The van der Waals surface area contributed by atoms with E-state index in [1.165, 1.54) is 6.08 Å². The Balaban J connectivity index is 1.64. The SMILES string of the molecule is CCc1ccccc1Nc1nc(N)nc(COC(=O)/C=C/c2ccccc2)n1. The second-order valence-corrected chi connectivity index (χ2v) is 5.92. The first-order chi connectivity index (χ1) is 13.6. The van der Waals surface area contributed by atoms with Crippen molar-refractivity contribution in [3.8, 4) is 0 Å². The van der Waals surface area contributed by atoms with Crippen LogP contribution in [0.1, 0.15) is 23.9 Å². The molecule has 7 heteroatoms. The molecule has 0 spiro atoms. The number of hydrogen-bond donors (Lipinski definition) is 2. The zero-order chi connectivity index (χ0) is 19.8. The summed E-state index contributed by atoms with van der Waals surface area (Å²) < 4.78 is 5.19. The number of hydrogen-bond acceptors (Lipinski definition) is 7. The average Bonchev–Trinajstić information content (AvgIpc) is 2.71. The molecule has 0 aliphatic rings. The van der Waals surface area contributed by atoms with E-state index in [1.807, 2.05) is 54.6 Å². The molecule has 0 radical (unpaired) electrons. The van der Waals surface area contributed by atoms with E-state index in [0.29, 0.717) is 5.95 Å². The molecule has 0 saturated heterocycles. The quantitative estimate of drug-likeness (QED) is 0.481. The second-order valence-electron chi connectivity index (χ2n) is 5.92. The molecule has 3 N–H and O–H groups in total. The number of rotatable bonds is 7. The molecule has 0 amide bonds. The molecule has 0 bridgehead atoms. The summed E-state index contributed by atoms with van der Waals surface area (Å²) in [5.74, 6) is 0.135. The van der Waals surface area contributed by atoms with Gasteiger partial charge in [-0.15, -0.1) is 0 Å². The molecular formula is C21H21N5O2. The summed E-state index contributed by atoms with van der Waals surface area (Å²) in [5, 5.41) is 3.14. The van der Waals surface area contributed by atoms with Crippen LogP contribution in [-0.2, 0) is 22.6 Å². The van der Waals surface area contributed by atoms with E-state index in [1.54, 1.807) is 6.08 Å². The Kier molecular flexibility index (Phi) is 6.30. The van der Waals surface area contributed by atoms with Crippen molar-refractivity contribution in [1.29, 1.82) is 0 Å². The highest BCUT2D eigenvalue weighted by Crippen LogP contribution is 2.19. The molecule has 28 heavy (non-hydrogen) atoms. The van der Waals surface area contributed by atoms with Crippen LogP contribution in [0.5, 0.6) is 0 Å². The number of nitrogens with zero attached hydrogens (tertiary/aromatic N) is 3. The minimum absolute atomic E-state index is 0.0531. The van der Waals surface area contributed by atoms with Gasteiger partial charge in [0.2, 0.25) is 11.9 Å². The Morgan fingerprint density at radius 1 is 1.07 bits per heavy atom. The first kappa shape index (κ1) is 19.0. The van der Waals surface area contributed by atoms with E-state index >= 15 is 0 Å². The van der Waals surface area contributed by atoms with Crippen LogP contribution in [0.2, 0.25) is 0 Å². The van der Waals surface area contributed by atoms with Gasteiger partial charge in [-0.25, -0.2) is 4.79 Å². The van der Waals surface area contributed by atoms with Gasteiger partial charge < -0.3 is 15.8 Å². The molecule has 0 atom stereocenters. The molecule has 2 aromatic carbocycles.